The Labute approximate surface area is 127 Å². The van der Waals surface area contributed by atoms with Gasteiger partial charge in [0.05, 0.1) is 26.5 Å². The number of methoxy groups -OCH3 is 1. The Morgan fingerprint density at radius 1 is 1.38 bits per heavy atom. The quantitative estimate of drug-likeness (QED) is 0.461. The monoisotopic (exact) mass is 314 g/mol. The second-order valence-corrected chi connectivity index (χ2v) is 11.2. The number of ether oxygens (including phenoxy) is 2. The van der Waals surface area contributed by atoms with Crippen molar-refractivity contribution in [3.8, 4) is 0 Å². The van der Waals surface area contributed by atoms with Gasteiger partial charge in [-0.3, -0.25) is 0 Å². The molecule has 6 nitrogen and oxygen atoms in total. The van der Waals surface area contributed by atoms with E-state index in [2.05, 4.69) is 48.9 Å². The minimum absolute atomic E-state index is 0.190. The maximum absolute atomic E-state index is 11.2. The minimum atomic E-state index is -1.73. The summed E-state index contributed by atoms with van der Waals surface area (Å²) in [4.78, 5) is 15.2. The lowest BCUT2D eigenvalue weighted by Gasteiger charge is -2.36. The third kappa shape index (κ3) is 5.26. The lowest BCUT2D eigenvalue weighted by atomic mass is 10.2. The van der Waals surface area contributed by atoms with Gasteiger partial charge in [-0.05, 0) is 18.1 Å². The van der Waals surface area contributed by atoms with E-state index >= 15 is 0 Å². The van der Waals surface area contributed by atoms with Crippen molar-refractivity contribution in [1.82, 2.24) is 5.32 Å². The molecule has 0 aromatic carbocycles. The second-order valence-electron chi connectivity index (χ2n) is 6.37. The molecule has 1 N–H and O–H groups in total. The van der Waals surface area contributed by atoms with Crippen LogP contribution in [0.1, 0.15) is 20.8 Å². The Hall–Kier alpha value is -1.18. The molecule has 1 aliphatic rings. The van der Waals surface area contributed by atoms with Gasteiger partial charge in [-0.1, -0.05) is 20.8 Å². The fraction of sp³-hybridized carbons (Fsp3) is 0.714. The van der Waals surface area contributed by atoms with Crippen molar-refractivity contribution in [2.45, 2.75) is 45.1 Å². The zero-order valence-electron chi connectivity index (χ0n) is 13.7. The molecule has 0 aromatic rings. The summed E-state index contributed by atoms with van der Waals surface area (Å²) in [5, 5.41) is 3.12. The molecule has 0 saturated carbocycles. The molecule has 7 heteroatoms. The van der Waals surface area contributed by atoms with Crippen LogP contribution >= 0.6 is 0 Å². The van der Waals surface area contributed by atoms with Crippen molar-refractivity contribution in [2.75, 3.05) is 20.3 Å². The van der Waals surface area contributed by atoms with Crippen molar-refractivity contribution in [3.63, 3.8) is 0 Å². The molecule has 0 bridgehead atoms. The van der Waals surface area contributed by atoms with E-state index in [1.165, 1.54) is 13.3 Å². The molecule has 1 rings (SSSR count). The predicted octanol–water partition coefficient (Wildman–Crippen LogP) is 2.04. The lowest BCUT2D eigenvalue weighted by Crippen LogP contribution is -2.42. The van der Waals surface area contributed by atoms with Gasteiger partial charge in [0.25, 0.3) is 0 Å². The van der Waals surface area contributed by atoms with E-state index in [4.69, 9.17) is 9.16 Å². The summed E-state index contributed by atoms with van der Waals surface area (Å²) < 4.78 is 16.2. The molecular weight excluding hydrogens is 288 g/mol. The molecule has 1 atom stereocenters. The van der Waals surface area contributed by atoms with E-state index in [0.717, 1.165) is 0 Å². The number of carbonyl (C=O) groups is 1. The summed E-state index contributed by atoms with van der Waals surface area (Å²) >= 11 is 0. The third-order valence-electron chi connectivity index (χ3n) is 3.78. The summed E-state index contributed by atoms with van der Waals surface area (Å²) in [6.45, 7) is 12.0. The van der Waals surface area contributed by atoms with Crippen molar-refractivity contribution in [2.24, 2.45) is 4.99 Å². The predicted molar refractivity (Wildman–Crippen MR) is 84.6 cm³/mol. The molecule has 0 amide bonds. The Balaban J connectivity index is 2.29. The highest BCUT2D eigenvalue weighted by molar-refractivity contribution is 6.74. The zero-order valence-corrected chi connectivity index (χ0v) is 14.7. The van der Waals surface area contributed by atoms with Gasteiger partial charge >= 0.3 is 5.97 Å². The zero-order chi connectivity index (χ0) is 16.1. The Morgan fingerprint density at radius 2 is 2.05 bits per heavy atom. The summed E-state index contributed by atoms with van der Waals surface area (Å²) in [7, 11) is -0.411. The first-order valence-electron chi connectivity index (χ1n) is 7.01. The fourth-order valence-electron chi connectivity index (χ4n) is 1.39. The summed E-state index contributed by atoms with van der Waals surface area (Å²) in [6.07, 6.45) is 2.69. The van der Waals surface area contributed by atoms with Gasteiger partial charge < -0.3 is 19.2 Å². The SMILES string of the molecule is COC(=O)C1=CNC(OCCO[Si](C)(C)C(C)(C)C)C=N1. The molecule has 0 fully saturated rings. The van der Waals surface area contributed by atoms with Crippen LogP contribution in [0.25, 0.3) is 0 Å². The average Bonchev–Trinajstić information content (AvgIpc) is 2.42. The van der Waals surface area contributed by atoms with Crippen LogP contribution in [-0.4, -0.2) is 47.1 Å². The van der Waals surface area contributed by atoms with Gasteiger partial charge in [0.15, 0.2) is 20.2 Å². The van der Waals surface area contributed by atoms with Crippen LogP contribution in [0.3, 0.4) is 0 Å². The van der Waals surface area contributed by atoms with Gasteiger partial charge in [0.2, 0.25) is 0 Å². The van der Waals surface area contributed by atoms with Crippen LogP contribution in [-0.2, 0) is 18.7 Å². The highest BCUT2D eigenvalue weighted by Gasteiger charge is 2.36. The number of aliphatic imine (C=N–C) groups is 1. The Morgan fingerprint density at radius 3 is 2.52 bits per heavy atom. The minimum Gasteiger partial charge on any atom is -0.464 e. The average molecular weight is 314 g/mol. The number of hydrogen-bond donors (Lipinski definition) is 1. The fourth-order valence-corrected chi connectivity index (χ4v) is 2.41. The van der Waals surface area contributed by atoms with Gasteiger partial charge in [-0.25, -0.2) is 9.79 Å². The van der Waals surface area contributed by atoms with Crippen LogP contribution < -0.4 is 5.32 Å². The molecule has 0 saturated heterocycles. The number of nitrogens with one attached hydrogen (secondary N) is 1. The Kier molecular flexibility index (Phi) is 6.12. The van der Waals surface area contributed by atoms with Crippen molar-refractivity contribution in [1.29, 1.82) is 0 Å². The first-order chi connectivity index (χ1) is 9.67. The highest BCUT2D eigenvalue weighted by atomic mass is 28.4. The standard InChI is InChI=1S/C14H26N2O4Si/c1-14(2,3)21(5,6)20-8-7-19-12-10-15-11(9-16-12)13(17)18-4/h9-10,12,16H,7-8H2,1-6H3. The summed E-state index contributed by atoms with van der Waals surface area (Å²) in [6, 6.07) is 0. The third-order valence-corrected chi connectivity index (χ3v) is 8.32. The first-order valence-corrected chi connectivity index (χ1v) is 9.92. The molecule has 1 unspecified atom stereocenters. The van der Waals surface area contributed by atoms with Crippen molar-refractivity contribution >= 4 is 20.5 Å². The van der Waals surface area contributed by atoms with Crippen LogP contribution in [0.4, 0.5) is 0 Å². The first kappa shape index (κ1) is 17.9. The molecule has 1 heterocycles. The number of rotatable bonds is 6. The molecule has 0 radical (unpaired) electrons. The number of nitrogens with zero attached hydrogens (tertiary/aromatic N) is 1. The maximum atomic E-state index is 11.2. The van der Waals surface area contributed by atoms with Crippen molar-refractivity contribution in [3.05, 3.63) is 11.9 Å². The van der Waals surface area contributed by atoms with Crippen LogP contribution in [0, 0.1) is 0 Å². The van der Waals surface area contributed by atoms with Crippen LogP contribution in [0.15, 0.2) is 16.9 Å². The smallest absolute Gasteiger partial charge is 0.358 e. The van der Waals surface area contributed by atoms with Gasteiger partial charge in [0, 0.05) is 6.20 Å². The molecule has 120 valence electrons. The highest BCUT2D eigenvalue weighted by Crippen LogP contribution is 2.36. The van der Waals surface area contributed by atoms with E-state index in [1.807, 2.05) is 0 Å². The van der Waals surface area contributed by atoms with E-state index in [0.29, 0.717) is 13.2 Å². The van der Waals surface area contributed by atoms with E-state index in [-0.39, 0.29) is 17.0 Å². The Bertz CT molecular complexity index is 427. The van der Waals surface area contributed by atoms with E-state index in [9.17, 15) is 4.79 Å². The summed E-state index contributed by atoms with van der Waals surface area (Å²) in [5.74, 6) is -0.474. The largest absolute Gasteiger partial charge is 0.464 e. The topological polar surface area (TPSA) is 69.2 Å². The molecule has 21 heavy (non-hydrogen) atoms. The normalized spacial score (nSPS) is 19.0. The molecule has 0 aromatic heterocycles. The molecular formula is C14H26N2O4Si. The van der Waals surface area contributed by atoms with Gasteiger partial charge in [0.1, 0.15) is 0 Å². The maximum Gasteiger partial charge on any atom is 0.358 e. The summed E-state index contributed by atoms with van der Waals surface area (Å²) in [5.41, 5.74) is 0.231. The molecule has 1 aliphatic heterocycles. The number of hydrogen-bond acceptors (Lipinski definition) is 6. The molecule has 0 aliphatic carbocycles. The molecule has 0 spiro atoms. The van der Waals surface area contributed by atoms with Crippen LogP contribution in [0.2, 0.25) is 18.1 Å². The van der Waals surface area contributed by atoms with Crippen LogP contribution in [0.5, 0.6) is 0 Å². The number of carbonyl (C=O) groups excluding carboxylic acids is 1. The van der Waals surface area contributed by atoms with Crippen molar-refractivity contribution < 1.29 is 18.7 Å². The van der Waals surface area contributed by atoms with E-state index in [1.54, 1.807) is 6.21 Å². The second kappa shape index (κ2) is 7.19. The lowest BCUT2D eigenvalue weighted by molar-refractivity contribution is -0.136. The van der Waals surface area contributed by atoms with Gasteiger partial charge in [-0.15, -0.1) is 0 Å². The van der Waals surface area contributed by atoms with Gasteiger partial charge in [-0.2, -0.15) is 0 Å². The number of esters is 1. The van der Waals surface area contributed by atoms with E-state index < -0.39 is 14.3 Å².